The van der Waals surface area contributed by atoms with Crippen LogP contribution in [0.3, 0.4) is 0 Å². The lowest BCUT2D eigenvalue weighted by molar-refractivity contribution is -0.139. The van der Waals surface area contributed by atoms with Gasteiger partial charge in [-0.25, -0.2) is 18.9 Å². The molecule has 0 radical (unpaired) electrons. The SMILES string of the molecule is Cc1cc(S(=O)NC(C)C)ccc1Nc1ncc(C(F)(F)F)c(C2CCC(C)(O)CC2)n1. The van der Waals surface area contributed by atoms with Gasteiger partial charge in [0.05, 0.1) is 21.8 Å². The van der Waals surface area contributed by atoms with Crippen LogP contribution in [-0.2, 0) is 17.2 Å². The molecule has 1 atom stereocenters. The highest BCUT2D eigenvalue weighted by atomic mass is 32.2. The van der Waals surface area contributed by atoms with Crippen LogP contribution >= 0.6 is 0 Å². The molecule has 10 heteroatoms. The maximum absolute atomic E-state index is 13.6. The number of halogens is 3. The molecule has 1 aliphatic carbocycles. The van der Waals surface area contributed by atoms with Gasteiger partial charge in [-0.05, 0) is 77.1 Å². The molecule has 6 nitrogen and oxygen atoms in total. The van der Waals surface area contributed by atoms with E-state index in [9.17, 15) is 22.5 Å². The summed E-state index contributed by atoms with van der Waals surface area (Å²) in [5, 5.41) is 13.2. The molecule has 176 valence electrons. The molecule has 1 saturated carbocycles. The smallest absolute Gasteiger partial charge is 0.390 e. The summed E-state index contributed by atoms with van der Waals surface area (Å²) >= 11 is 0. The standard InChI is InChI=1S/C22H29F3N4O2S/c1-13(2)29-32(31)16-5-6-18(14(3)11-16)27-20-26-12-17(22(23,24)25)19(28-20)15-7-9-21(4,30)10-8-15/h5-6,11-13,15,29-30H,7-10H2,1-4H3,(H,26,27,28). The van der Waals surface area contributed by atoms with Crippen molar-refractivity contribution < 1.29 is 22.5 Å². The van der Waals surface area contributed by atoms with E-state index in [1.54, 1.807) is 25.1 Å². The Bertz CT molecular complexity index is 986. The van der Waals surface area contributed by atoms with Crippen LogP contribution in [0.1, 0.15) is 69.2 Å². The third-order valence-corrected chi connectivity index (χ3v) is 6.94. The fourth-order valence-corrected chi connectivity index (χ4v) is 4.83. The Labute approximate surface area is 188 Å². The van der Waals surface area contributed by atoms with Crippen molar-refractivity contribution in [3.63, 3.8) is 0 Å². The minimum absolute atomic E-state index is 0.0398. The summed E-state index contributed by atoms with van der Waals surface area (Å²) in [6.45, 7) is 7.31. The topological polar surface area (TPSA) is 87.1 Å². The highest BCUT2D eigenvalue weighted by Crippen LogP contribution is 2.42. The highest BCUT2D eigenvalue weighted by Gasteiger charge is 2.39. The maximum atomic E-state index is 13.6. The normalized spacial score (nSPS) is 22.7. The Morgan fingerprint density at radius 2 is 1.91 bits per heavy atom. The molecule has 1 aromatic carbocycles. The Kier molecular flexibility index (Phi) is 7.26. The van der Waals surface area contributed by atoms with E-state index in [0.717, 1.165) is 11.8 Å². The summed E-state index contributed by atoms with van der Waals surface area (Å²) in [4.78, 5) is 8.75. The molecule has 1 heterocycles. The molecular formula is C22H29F3N4O2S. The molecular weight excluding hydrogens is 441 g/mol. The van der Waals surface area contributed by atoms with E-state index in [1.165, 1.54) is 0 Å². The van der Waals surface area contributed by atoms with Crippen molar-refractivity contribution in [1.29, 1.82) is 0 Å². The third kappa shape index (κ3) is 6.05. The van der Waals surface area contributed by atoms with Crippen LogP contribution in [0, 0.1) is 6.92 Å². The molecule has 0 aliphatic heterocycles. The van der Waals surface area contributed by atoms with Crippen molar-refractivity contribution in [3.05, 3.63) is 41.2 Å². The number of aliphatic hydroxyl groups is 1. The lowest BCUT2D eigenvalue weighted by Gasteiger charge is -2.33. The predicted molar refractivity (Wildman–Crippen MR) is 118 cm³/mol. The molecule has 1 aliphatic rings. The summed E-state index contributed by atoms with van der Waals surface area (Å²) in [5.74, 6) is -0.328. The summed E-state index contributed by atoms with van der Waals surface area (Å²) in [7, 11) is -1.36. The number of benzene rings is 1. The van der Waals surface area contributed by atoms with Gasteiger partial charge in [-0.15, -0.1) is 0 Å². The number of nitrogens with one attached hydrogen (secondary N) is 2. The van der Waals surface area contributed by atoms with E-state index in [-0.39, 0.29) is 17.7 Å². The Morgan fingerprint density at radius 1 is 1.25 bits per heavy atom. The zero-order valence-corrected chi connectivity index (χ0v) is 19.4. The van der Waals surface area contributed by atoms with Crippen LogP contribution in [0.25, 0.3) is 0 Å². The first kappa shape index (κ1) is 24.6. The summed E-state index contributed by atoms with van der Waals surface area (Å²) in [6, 6.07) is 5.21. The second kappa shape index (κ2) is 9.44. The minimum Gasteiger partial charge on any atom is -0.390 e. The van der Waals surface area contributed by atoms with Gasteiger partial charge < -0.3 is 10.4 Å². The van der Waals surface area contributed by atoms with Crippen LogP contribution in [0.15, 0.2) is 29.3 Å². The number of anilines is 2. The van der Waals surface area contributed by atoms with Gasteiger partial charge in [0.25, 0.3) is 0 Å². The van der Waals surface area contributed by atoms with Gasteiger partial charge >= 0.3 is 6.18 Å². The second-order valence-electron chi connectivity index (χ2n) is 8.90. The minimum atomic E-state index is -4.56. The molecule has 0 bridgehead atoms. The van der Waals surface area contributed by atoms with Gasteiger partial charge in [0.15, 0.2) is 0 Å². The van der Waals surface area contributed by atoms with E-state index in [2.05, 4.69) is 20.0 Å². The summed E-state index contributed by atoms with van der Waals surface area (Å²) < 4.78 is 56.0. The Morgan fingerprint density at radius 3 is 2.47 bits per heavy atom. The number of hydrogen-bond donors (Lipinski definition) is 3. The van der Waals surface area contributed by atoms with E-state index in [4.69, 9.17) is 0 Å². The van der Waals surface area contributed by atoms with E-state index in [1.807, 2.05) is 20.8 Å². The zero-order chi connectivity index (χ0) is 23.7. The zero-order valence-electron chi connectivity index (χ0n) is 18.6. The lowest BCUT2D eigenvalue weighted by Crippen LogP contribution is -2.30. The first-order valence-corrected chi connectivity index (χ1v) is 11.7. The van der Waals surface area contributed by atoms with E-state index in [0.29, 0.717) is 36.3 Å². The molecule has 0 spiro atoms. The third-order valence-electron chi connectivity index (χ3n) is 5.57. The lowest BCUT2D eigenvalue weighted by atomic mass is 9.78. The Balaban J connectivity index is 1.87. The maximum Gasteiger partial charge on any atom is 0.419 e. The fourth-order valence-electron chi connectivity index (χ4n) is 3.79. The molecule has 3 N–H and O–H groups in total. The molecule has 3 rings (SSSR count). The van der Waals surface area contributed by atoms with Gasteiger partial charge in [-0.3, -0.25) is 0 Å². The first-order chi connectivity index (χ1) is 14.9. The largest absolute Gasteiger partial charge is 0.419 e. The molecule has 1 fully saturated rings. The fraction of sp³-hybridized carbons (Fsp3) is 0.545. The number of aromatic nitrogens is 2. The Hall–Kier alpha value is -2.04. The monoisotopic (exact) mass is 470 g/mol. The van der Waals surface area contributed by atoms with Gasteiger partial charge in [0, 0.05) is 23.8 Å². The number of hydrogen-bond acceptors (Lipinski definition) is 5. The number of alkyl halides is 3. The number of nitrogens with zero attached hydrogens (tertiary/aromatic N) is 2. The van der Waals surface area contributed by atoms with Crippen LogP contribution in [0.2, 0.25) is 0 Å². The van der Waals surface area contributed by atoms with Gasteiger partial charge in [0.1, 0.15) is 11.0 Å². The number of rotatable bonds is 6. The summed E-state index contributed by atoms with van der Waals surface area (Å²) in [6.07, 6.45) is -2.04. The molecule has 0 amide bonds. The molecule has 1 unspecified atom stereocenters. The van der Waals surface area contributed by atoms with Crippen LogP contribution in [-0.4, -0.2) is 30.9 Å². The quantitative estimate of drug-likeness (QED) is 0.555. The molecule has 0 saturated heterocycles. The first-order valence-electron chi connectivity index (χ1n) is 10.6. The molecule has 1 aromatic heterocycles. The van der Waals surface area contributed by atoms with Crippen LogP contribution in [0.5, 0.6) is 0 Å². The van der Waals surface area contributed by atoms with Crippen molar-refractivity contribution in [2.75, 3.05) is 5.32 Å². The van der Waals surface area contributed by atoms with E-state index < -0.39 is 34.2 Å². The average Bonchev–Trinajstić information content (AvgIpc) is 2.68. The van der Waals surface area contributed by atoms with Crippen LogP contribution < -0.4 is 10.0 Å². The predicted octanol–water partition coefficient (Wildman–Crippen LogP) is 4.98. The highest BCUT2D eigenvalue weighted by molar-refractivity contribution is 7.83. The van der Waals surface area contributed by atoms with Crippen molar-refractivity contribution in [2.45, 2.75) is 82.0 Å². The molecule has 2 aromatic rings. The van der Waals surface area contributed by atoms with E-state index >= 15 is 0 Å². The van der Waals surface area contributed by atoms with Crippen molar-refractivity contribution in [2.24, 2.45) is 0 Å². The second-order valence-corrected chi connectivity index (χ2v) is 10.1. The van der Waals surface area contributed by atoms with Crippen LogP contribution in [0.4, 0.5) is 24.8 Å². The average molecular weight is 471 g/mol. The van der Waals surface area contributed by atoms with Gasteiger partial charge in [-0.2, -0.15) is 13.2 Å². The summed E-state index contributed by atoms with van der Waals surface area (Å²) in [5.41, 5.74) is -0.349. The van der Waals surface area contributed by atoms with Gasteiger partial charge in [0.2, 0.25) is 5.95 Å². The van der Waals surface area contributed by atoms with Crippen molar-refractivity contribution in [3.8, 4) is 0 Å². The molecule has 32 heavy (non-hydrogen) atoms. The van der Waals surface area contributed by atoms with Crippen molar-refractivity contribution >= 4 is 22.6 Å². The van der Waals surface area contributed by atoms with Crippen molar-refractivity contribution in [1.82, 2.24) is 14.7 Å². The number of aryl methyl sites for hydroxylation is 1. The van der Waals surface area contributed by atoms with Gasteiger partial charge in [-0.1, -0.05) is 0 Å².